The monoisotopic (exact) mass is 222 g/mol. The molecule has 0 amide bonds. The smallest absolute Gasteiger partial charge is 0.165 e. The molecule has 16 heavy (non-hydrogen) atoms. The maximum absolute atomic E-state index is 13.1. The highest BCUT2D eigenvalue weighted by Gasteiger charge is 2.16. The van der Waals surface area contributed by atoms with Crippen molar-refractivity contribution in [3.05, 3.63) is 30.1 Å². The standard InChI is InChI=1S/C12H15FN2O/c1-12(15,9-14)7-4-8-16-11-6-3-2-5-10(11)13/h2-3,5-6H,4,7-8,15H2,1H3. The van der Waals surface area contributed by atoms with Crippen LogP contribution in [0.15, 0.2) is 24.3 Å². The van der Waals surface area contributed by atoms with Gasteiger partial charge in [0.1, 0.15) is 5.54 Å². The second-order valence-corrected chi connectivity index (χ2v) is 3.91. The summed E-state index contributed by atoms with van der Waals surface area (Å²) < 4.78 is 18.4. The molecular formula is C12H15FN2O. The number of para-hydroxylation sites is 1. The van der Waals surface area contributed by atoms with Crippen LogP contribution in [0.5, 0.6) is 5.75 Å². The minimum atomic E-state index is -0.835. The van der Waals surface area contributed by atoms with Gasteiger partial charge in [-0.2, -0.15) is 5.26 Å². The fraction of sp³-hybridized carbons (Fsp3) is 0.417. The molecule has 1 aromatic carbocycles. The van der Waals surface area contributed by atoms with Crippen LogP contribution in [0.25, 0.3) is 0 Å². The van der Waals surface area contributed by atoms with Crippen LogP contribution in [0.1, 0.15) is 19.8 Å². The summed E-state index contributed by atoms with van der Waals surface area (Å²) >= 11 is 0. The molecule has 0 spiro atoms. The summed E-state index contributed by atoms with van der Waals surface area (Å²) in [6.07, 6.45) is 1.15. The third kappa shape index (κ3) is 3.87. The molecule has 0 bridgehead atoms. The normalized spacial score (nSPS) is 13.9. The third-order valence-electron chi connectivity index (χ3n) is 2.19. The zero-order valence-corrected chi connectivity index (χ0v) is 9.24. The van der Waals surface area contributed by atoms with Crippen molar-refractivity contribution in [3.63, 3.8) is 0 Å². The molecule has 0 aliphatic rings. The number of rotatable bonds is 5. The van der Waals surface area contributed by atoms with E-state index in [9.17, 15) is 4.39 Å². The van der Waals surface area contributed by atoms with Crippen molar-refractivity contribution in [3.8, 4) is 11.8 Å². The average molecular weight is 222 g/mol. The lowest BCUT2D eigenvalue weighted by Gasteiger charge is -2.14. The average Bonchev–Trinajstić information content (AvgIpc) is 2.27. The van der Waals surface area contributed by atoms with Crippen molar-refractivity contribution in [1.29, 1.82) is 5.26 Å². The maximum atomic E-state index is 13.1. The predicted octanol–water partition coefficient (Wildman–Crippen LogP) is 2.23. The van der Waals surface area contributed by atoms with Gasteiger partial charge in [0.05, 0.1) is 12.7 Å². The number of ether oxygens (including phenoxy) is 1. The van der Waals surface area contributed by atoms with Gasteiger partial charge in [0.2, 0.25) is 0 Å². The highest BCUT2D eigenvalue weighted by atomic mass is 19.1. The van der Waals surface area contributed by atoms with Crippen molar-refractivity contribution in [2.24, 2.45) is 5.73 Å². The highest BCUT2D eigenvalue weighted by Crippen LogP contribution is 2.16. The van der Waals surface area contributed by atoms with Crippen LogP contribution >= 0.6 is 0 Å². The Kier molecular flexibility index (Phi) is 4.27. The Morgan fingerprint density at radius 2 is 2.19 bits per heavy atom. The van der Waals surface area contributed by atoms with Gasteiger partial charge in [-0.1, -0.05) is 12.1 Å². The Morgan fingerprint density at radius 1 is 1.50 bits per heavy atom. The number of hydrogen-bond donors (Lipinski definition) is 1. The second kappa shape index (κ2) is 5.47. The number of nitrogens with zero attached hydrogens (tertiary/aromatic N) is 1. The molecule has 86 valence electrons. The highest BCUT2D eigenvalue weighted by molar-refractivity contribution is 5.23. The number of benzene rings is 1. The zero-order chi connectivity index (χ0) is 12.0. The first kappa shape index (κ1) is 12.5. The molecular weight excluding hydrogens is 207 g/mol. The third-order valence-corrected chi connectivity index (χ3v) is 2.19. The van der Waals surface area contributed by atoms with Gasteiger partial charge in [-0.25, -0.2) is 4.39 Å². The van der Waals surface area contributed by atoms with Crippen molar-refractivity contribution >= 4 is 0 Å². The van der Waals surface area contributed by atoms with Gasteiger partial charge in [-0.05, 0) is 31.9 Å². The van der Waals surface area contributed by atoms with Crippen molar-refractivity contribution in [2.75, 3.05) is 6.61 Å². The van der Waals surface area contributed by atoms with Crippen LogP contribution in [-0.2, 0) is 0 Å². The van der Waals surface area contributed by atoms with E-state index in [0.717, 1.165) is 0 Å². The summed E-state index contributed by atoms with van der Waals surface area (Å²) in [5.74, 6) is -0.142. The quantitative estimate of drug-likeness (QED) is 0.777. The van der Waals surface area contributed by atoms with Crippen LogP contribution in [0.4, 0.5) is 4.39 Å². The number of nitriles is 1. The van der Waals surface area contributed by atoms with Gasteiger partial charge in [0.15, 0.2) is 11.6 Å². The number of halogens is 1. The molecule has 0 saturated heterocycles. The van der Waals surface area contributed by atoms with Crippen LogP contribution in [0.3, 0.4) is 0 Å². The summed E-state index contributed by atoms with van der Waals surface area (Å²) in [6, 6.07) is 8.23. The SMILES string of the molecule is CC(N)(C#N)CCCOc1ccccc1F. The van der Waals surface area contributed by atoms with E-state index in [2.05, 4.69) is 0 Å². The zero-order valence-electron chi connectivity index (χ0n) is 9.24. The molecule has 3 nitrogen and oxygen atoms in total. The largest absolute Gasteiger partial charge is 0.491 e. The van der Waals surface area contributed by atoms with E-state index in [0.29, 0.717) is 19.4 Å². The van der Waals surface area contributed by atoms with E-state index in [4.69, 9.17) is 15.7 Å². The first-order valence-corrected chi connectivity index (χ1v) is 5.12. The Bertz CT molecular complexity index is 385. The van der Waals surface area contributed by atoms with Gasteiger partial charge in [-0.15, -0.1) is 0 Å². The number of hydrogen-bond acceptors (Lipinski definition) is 3. The lowest BCUT2D eigenvalue weighted by atomic mass is 10.00. The van der Waals surface area contributed by atoms with Crippen molar-refractivity contribution in [1.82, 2.24) is 0 Å². The van der Waals surface area contributed by atoms with Crippen molar-refractivity contribution in [2.45, 2.75) is 25.3 Å². The van der Waals surface area contributed by atoms with E-state index >= 15 is 0 Å². The Labute approximate surface area is 94.6 Å². The molecule has 1 rings (SSSR count). The summed E-state index contributed by atoms with van der Waals surface area (Å²) in [4.78, 5) is 0. The van der Waals surface area contributed by atoms with Crippen LogP contribution in [0, 0.1) is 17.1 Å². The minimum absolute atomic E-state index is 0.234. The summed E-state index contributed by atoms with van der Waals surface area (Å²) in [5, 5.41) is 8.68. The second-order valence-electron chi connectivity index (χ2n) is 3.91. The molecule has 1 unspecified atom stereocenters. The molecule has 2 N–H and O–H groups in total. The Balaban J connectivity index is 2.33. The van der Waals surface area contributed by atoms with E-state index in [1.165, 1.54) is 6.07 Å². The van der Waals surface area contributed by atoms with Gasteiger partial charge in [-0.3, -0.25) is 0 Å². The number of nitrogens with two attached hydrogens (primary N) is 1. The summed E-state index contributed by atoms with van der Waals surface area (Å²) in [6.45, 7) is 2.02. The fourth-order valence-electron chi connectivity index (χ4n) is 1.24. The van der Waals surface area contributed by atoms with E-state index < -0.39 is 5.54 Å². The molecule has 0 saturated carbocycles. The molecule has 0 radical (unpaired) electrons. The molecule has 1 atom stereocenters. The van der Waals surface area contributed by atoms with Gasteiger partial charge in [0, 0.05) is 0 Å². The van der Waals surface area contributed by atoms with Crippen LogP contribution < -0.4 is 10.5 Å². The fourth-order valence-corrected chi connectivity index (χ4v) is 1.24. The lowest BCUT2D eigenvalue weighted by Crippen LogP contribution is -2.34. The minimum Gasteiger partial charge on any atom is -0.491 e. The molecule has 0 aromatic heterocycles. The lowest BCUT2D eigenvalue weighted by molar-refractivity contribution is 0.283. The Morgan fingerprint density at radius 3 is 2.81 bits per heavy atom. The van der Waals surface area contributed by atoms with Gasteiger partial charge >= 0.3 is 0 Å². The van der Waals surface area contributed by atoms with E-state index in [1.807, 2.05) is 6.07 Å². The van der Waals surface area contributed by atoms with E-state index in [-0.39, 0.29) is 11.6 Å². The molecule has 1 aromatic rings. The molecule has 0 aliphatic heterocycles. The van der Waals surface area contributed by atoms with Crippen LogP contribution in [0.2, 0.25) is 0 Å². The van der Waals surface area contributed by atoms with Gasteiger partial charge < -0.3 is 10.5 Å². The molecule has 0 fully saturated rings. The van der Waals surface area contributed by atoms with Crippen LogP contribution in [-0.4, -0.2) is 12.1 Å². The topological polar surface area (TPSA) is 59.0 Å². The van der Waals surface area contributed by atoms with Gasteiger partial charge in [0.25, 0.3) is 0 Å². The summed E-state index contributed by atoms with van der Waals surface area (Å²) in [7, 11) is 0. The van der Waals surface area contributed by atoms with Crippen molar-refractivity contribution < 1.29 is 9.13 Å². The molecule has 0 heterocycles. The maximum Gasteiger partial charge on any atom is 0.165 e. The molecule has 0 aliphatic carbocycles. The molecule has 4 heteroatoms. The summed E-state index contributed by atoms with van der Waals surface area (Å²) in [5.41, 5.74) is 4.80. The first-order chi connectivity index (χ1) is 7.55. The Hall–Kier alpha value is -1.60. The first-order valence-electron chi connectivity index (χ1n) is 5.12. The van der Waals surface area contributed by atoms with E-state index in [1.54, 1.807) is 25.1 Å². The predicted molar refractivity (Wildman–Crippen MR) is 59.3 cm³/mol.